The van der Waals surface area contributed by atoms with Crippen LogP contribution in [-0.2, 0) is 19.7 Å². The lowest BCUT2D eigenvalue weighted by Crippen LogP contribution is -2.37. The molecule has 5 heteroatoms. The van der Waals surface area contributed by atoms with Crippen molar-refractivity contribution in [1.82, 2.24) is 5.32 Å². The number of nitrogens with one attached hydrogen (secondary N) is 1. The summed E-state index contributed by atoms with van der Waals surface area (Å²) in [5, 5.41) is 2.89. The average molecular weight is 347 g/mol. The Hall–Kier alpha value is -2.04. The molecule has 25 heavy (non-hydrogen) atoms. The summed E-state index contributed by atoms with van der Waals surface area (Å²) in [4.78, 5) is 23.8. The molecule has 0 spiro atoms. The summed E-state index contributed by atoms with van der Waals surface area (Å²) in [6, 6.07) is 7.89. The molecule has 0 aliphatic heterocycles. The monoisotopic (exact) mass is 347 g/mol. The Kier molecular flexibility index (Phi) is 6.45. The minimum atomic E-state index is -0.764. The highest BCUT2D eigenvalue weighted by atomic mass is 16.6. The van der Waals surface area contributed by atoms with Gasteiger partial charge in [0.1, 0.15) is 5.75 Å². The summed E-state index contributed by atoms with van der Waals surface area (Å²) in [7, 11) is 0. The van der Waals surface area contributed by atoms with Gasteiger partial charge < -0.3 is 14.8 Å². The molecule has 1 aliphatic carbocycles. The van der Waals surface area contributed by atoms with E-state index < -0.39 is 12.1 Å². The smallest absolute Gasteiger partial charge is 0.347 e. The first-order chi connectivity index (χ1) is 11.8. The van der Waals surface area contributed by atoms with Crippen molar-refractivity contribution in [2.45, 2.75) is 70.9 Å². The zero-order chi connectivity index (χ0) is 18.4. The van der Waals surface area contributed by atoms with E-state index in [1.54, 1.807) is 6.92 Å². The van der Waals surface area contributed by atoms with Gasteiger partial charge in [-0.1, -0.05) is 45.7 Å². The first-order valence-corrected chi connectivity index (χ1v) is 8.99. The number of carbonyl (C=O) groups excluding carboxylic acids is 2. The Morgan fingerprint density at radius 1 is 1.16 bits per heavy atom. The van der Waals surface area contributed by atoms with Gasteiger partial charge in [-0.15, -0.1) is 0 Å². The normalized spacial score (nSPS) is 16.3. The summed E-state index contributed by atoms with van der Waals surface area (Å²) in [5.41, 5.74) is 1.26. The first-order valence-electron chi connectivity index (χ1n) is 8.99. The Labute approximate surface area is 150 Å². The first kappa shape index (κ1) is 19.3. The van der Waals surface area contributed by atoms with Crippen molar-refractivity contribution >= 4 is 11.9 Å². The molecule has 1 N–H and O–H groups in total. The number of ether oxygens (including phenoxy) is 2. The second-order valence-corrected chi connectivity index (χ2v) is 7.69. The predicted octanol–water partition coefficient (Wildman–Crippen LogP) is 3.35. The second kappa shape index (κ2) is 8.37. The van der Waals surface area contributed by atoms with Gasteiger partial charge in [0.05, 0.1) is 0 Å². The highest BCUT2D eigenvalue weighted by molar-refractivity contribution is 5.82. The molecule has 1 fully saturated rings. The summed E-state index contributed by atoms with van der Waals surface area (Å²) < 4.78 is 10.7. The van der Waals surface area contributed by atoms with Gasteiger partial charge in [0.25, 0.3) is 5.91 Å². The molecule has 1 atom stereocenters. The number of rotatable bonds is 6. The molecule has 0 aromatic heterocycles. The van der Waals surface area contributed by atoms with Gasteiger partial charge in [-0.05, 0) is 42.9 Å². The lowest BCUT2D eigenvalue weighted by atomic mass is 9.87. The zero-order valence-electron chi connectivity index (χ0n) is 15.6. The topological polar surface area (TPSA) is 64.6 Å². The van der Waals surface area contributed by atoms with Gasteiger partial charge in [-0.2, -0.15) is 0 Å². The van der Waals surface area contributed by atoms with Gasteiger partial charge in [-0.25, -0.2) is 4.79 Å². The second-order valence-electron chi connectivity index (χ2n) is 7.69. The van der Waals surface area contributed by atoms with Crippen molar-refractivity contribution in [3.63, 3.8) is 0 Å². The number of hydrogen-bond donors (Lipinski definition) is 1. The lowest BCUT2D eigenvalue weighted by Gasteiger charge is -2.20. The third-order valence-corrected chi connectivity index (χ3v) is 4.43. The van der Waals surface area contributed by atoms with Gasteiger partial charge in [0.2, 0.25) is 0 Å². The Bertz CT molecular complexity index is 583. The van der Waals surface area contributed by atoms with E-state index in [4.69, 9.17) is 9.47 Å². The number of hydrogen-bond acceptors (Lipinski definition) is 4. The van der Waals surface area contributed by atoms with E-state index in [1.807, 2.05) is 24.3 Å². The molecule has 1 aliphatic rings. The molecule has 138 valence electrons. The van der Waals surface area contributed by atoms with Crippen molar-refractivity contribution in [2.75, 3.05) is 6.61 Å². The van der Waals surface area contributed by atoms with Crippen molar-refractivity contribution in [1.29, 1.82) is 0 Å². The fraction of sp³-hybridized carbons (Fsp3) is 0.600. The summed E-state index contributed by atoms with van der Waals surface area (Å²) >= 11 is 0. The minimum absolute atomic E-state index is 0.0652. The SMILES string of the molecule is C[C@@H](Oc1ccc(C(C)(C)C)cc1)C(=O)OCC(=O)NC1CCCC1. The molecule has 5 nitrogen and oxygen atoms in total. The van der Waals surface area contributed by atoms with E-state index >= 15 is 0 Å². The standard InChI is InChI=1S/C20H29NO4/c1-14(25-17-11-9-15(10-12-17)20(2,3)4)19(23)24-13-18(22)21-16-7-5-6-8-16/h9-12,14,16H,5-8,13H2,1-4H3,(H,21,22)/t14-/m1/s1. The van der Waals surface area contributed by atoms with E-state index in [0.717, 1.165) is 25.7 Å². The minimum Gasteiger partial charge on any atom is -0.479 e. The van der Waals surface area contributed by atoms with Crippen LogP contribution in [0.4, 0.5) is 0 Å². The van der Waals surface area contributed by atoms with Crippen LogP contribution < -0.4 is 10.1 Å². The van der Waals surface area contributed by atoms with Crippen LogP contribution in [0.3, 0.4) is 0 Å². The summed E-state index contributed by atoms with van der Waals surface area (Å²) in [5.74, 6) is -0.184. The number of carbonyl (C=O) groups is 2. The van der Waals surface area contributed by atoms with Gasteiger partial charge in [0, 0.05) is 6.04 Å². The van der Waals surface area contributed by atoms with Gasteiger partial charge >= 0.3 is 5.97 Å². The van der Waals surface area contributed by atoms with Crippen molar-refractivity contribution in [3.05, 3.63) is 29.8 Å². The molecule has 0 unspecified atom stereocenters. The molecular weight excluding hydrogens is 318 g/mol. The molecule has 0 bridgehead atoms. The Balaban J connectivity index is 1.76. The maximum absolute atomic E-state index is 12.0. The van der Waals surface area contributed by atoms with Crippen LogP contribution in [0.25, 0.3) is 0 Å². The van der Waals surface area contributed by atoms with Crippen LogP contribution in [0, 0.1) is 0 Å². The van der Waals surface area contributed by atoms with Gasteiger partial charge in [0.15, 0.2) is 12.7 Å². The van der Waals surface area contributed by atoms with Crippen LogP contribution in [0.5, 0.6) is 5.75 Å². The largest absolute Gasteiger partial charge is 0.479 e. The lowest BCUT2D eigenvalue weighted by molar-refractivity contribution is -0.154. The Morgan fingerprint density at radius 3 is 2.32 bits per heavy atom. The van der Waals surface area contributed by atoms with Crippen LogP contribution >= 0.6 is 0 Å². The Morgan fingerprint density at radius 2 is 1.76 bits per heavy atom. The van der Waals surface area contributed by atoms with Gasteiger partial charge in [-0.3, -0.25) is 4.79 Å². The van der Waals surface area contributed by atoms with Crippen molar-refractivity contribution in [3.8, 4) is 5.75 Å². The van der Waals surface area contributed by atoms with E-state index in [1.165, 1.54) is 5.56 Å². The molecule has 1 amide bonds. The molecule has 1 aromatic carbocycles. The molecule has 0 heterocycles. The van der Waals surface area contributed by atoms with Crippen LogP contribution in [-0.4, -0.2) is 30.6 Å². The maximum Gasteiger partial charge on any atom is 0.347 e. The third kappa shape index (κ3) is 6.07. The van der Waals surface area contributed by atoms with Crippen LogP contribution in [0.2, 0.25) is 0 Å². The summed E-state index contributed by atoms with van der Waals surface area (Å²) in [6.07, 6.45) is 3.53. The van der Waals surface area contributed by atoms with Crippen LogP contribution in [0.15, 0.2) is 24.3 Å². The fourth-order valence-electron chi connectivity index (χ4n) is 2.88. The van der Waals surface area contributed by atoms with Crippen molar-refractivity contribution in [2.24, 2.45) is 0 Å². The molecular formula is C20H29NO4. The van der Waals surface area contributed by atoms with E-state index in [2.05, 4.69) is 26.1 Å². The predicted molar refractivity (Wildman–Crippen MR) is 96.6 cm³/mol. The quantitative estimate of drug-likeness (QED) is 0.802. The van der Waals surface area contributed by atoms with E-state index in [0.29, 0.717) is 5.75 Å². The molecule has 1 saturated carbocycles. The highest BCUT2D eigenvalue weighted by Crippen LogP contribution is 2.24. The number of esters is 1. The maximum atomic E-state index is 12.0. The number of benzene rings is 1. The molecule has 0 radical (unpaired) electrons. The van der Waals surface area contributed by atoms with E-state index in [-0.39, 0.29) is 24.0 Å². The summed E-state index contributed by atoms with van der Waals surface area (Å²) in [6.45, 7) is 7.78. The third-order valence-electron chi connectivity index (χ3n) is 4.43. The fourth-order valence-corrected chi connectivity index (χ4v) is 2.88. The number of amides is 1. The van der Waals surface area contributed by atoms with Crippen molar-refractivity contribution < 1.29 is 19.1 Å². The molecule has 0 saturated heterocycles. The zero-order valence-corrected chi connectivity index (χ0v) is 15.6. The average Bonchev–Trinajstić information content (AvgIpc) is 3.05. The molecule has 2 rings (SSSR count). The van der Waals surface area contributed by atoms with E-state index in [9.17, 15) is 9.59 Å². The molecule has 1 aromatic rings. The van der Waals surface area contributed by atoms with Crippen LogP contribution in [0.1, 0.15) is 58.9 Å². The highest BCUT2D eigenvalue weighted by Gasteiger charge is 2.21.